The second kappa shape index (κ2) is 13.6. The summed E-state index contributed by atoms with van der Waals surface area (Å²) >= 11 is 12.3. The molecule has 0 aliphatic carbocycles. The lowest BCUT2D eigenvalue weighted by atomic mass is 10.0. The number of nitrogens with zero attached hydrogens (tertiary/aromatic N) is 2. The normalized spacial score (nSPS) is 12.5. The van der Waals surface area contributed by atoms with Gasteiger partial charge in [-0.2, -0.15) is 13.2 Å². The molecule has 0 bridgehead atoms. The van der Waals surface area contributed by atoms with Gasteiger partial charge in [-0.1, -0.05) is 65.7 Å². The number of halogens is 5. The number of anilines is 1. The Kier molecular flexibility index (Phi) is 10.7. The standard InChI is InChI=1S/C28H28Cl2F3N3O4S/c1-3-34-27(38)25(15-19-8-5-4-6-9-19)35(17-20-10-7-11-22(29)14-20)26(37)18-36(41(2,39)40)24-16-21(28(31,32)33)12-13-23(24)30/h4-14,16,25H,3,15,17-18H2,1-2H3,(H,34,38). The van der Waals surface area contributed by atoms with Crippen LogP contribution in [0, 0.1) is 0 Å². The number of hydrogen-bond donors (Lipinski definition) is 1. The Morgan fingerprint density at radius 2 is 1.61 bits per heavy atom. The van der Waals surface area contributed by atoms with Crippen molar-refractivity contribution < 1.29 is 31.2 Å². The van der Waals surface area contributed by atoms with Crippen LogP contribution in [-0.4, -0.2) is 50.5 Å². The van der Waals surface area contributed by atoms with E-state index >= 15 is 0 Å². The van der Waals surface area contributed by atoms with E-state index in [0.29, 0.717) is 27.0 Å². The van der Waals surface area contributed by atoms with Gasteiger partial charge in [-0.25, -0.2) is 8.42 Å². The summed E-state index contributed by atoms with van der Waals surface area (Å²) in [6, 6.07) is 16.6. The lowest BCUT2D eigenvalue weighted by molar-refractivity contribution is -0.140. The van der Waals surface area contributed by atoms with Crippen molar-refractivity contribution in [2.24, 2.45) is 0 Å². The Bertz CT molecular complexity index is 1490. The fourth-order valence-corrected chi connectivity index (χ4v) is 5.49. The van der Waals surface area contributed by atoms with Gasteiger partial charge in [0.2, 0.25) is 21.8 Å². The Morgan fingerprint density at radius 1 is 0.951 bits per heavy atom. The van der Waals surface area contributed by atoms with E-state index in [1.54, 1.807) is 61.5 Å². The van der Waals surface area contributed by atoms with Crippen molar-refractivity contribution in [3.63, 3.8) is 0 Å². The second-order valence-corrected chi connectivity index (χ2v) is 11.9. The van der Waals surface area contributed by atoms with Gasteiger partial charge in [0, 0.05) is 24.5 Å². The molecule has 3 aromatic rings. The Balaban J connectivity index is 2.10. The Morgan fingerprint density at radius 3 is 2.20 bits per heavy atom. The highest BCUT2D eigenvalue weighted by molar-refractivity contribution is 7.92. The molecule has 3 aromatic carbocycles. The minimum absolute atomic E-state index is 0.0855. The van der Waals surface area contributed by atoms with Crippen LogP contribution in [0.3, 0.4) is 0 Å². The molecule has 0 saturated carbocycles. The van der Waals surface area contributed by atoms with Crippen LogP contribution in [-0.2, 0) is 38.8 Å². The molecule has 220 valence electrons. The average Bonchev–Trinajstić information content (AvgIpc) is 2.89. The van der Waals surface area contributed by atoms with Crippen LogP contribution in [0.15, 0.2) is 72.8 Å². The van der Waals surface area contributed by atoms with E-state index in [1.807, 2.05) is 0 Å². The number of nitrogens with one attached hydrogen (secondary N) is 1. The summed E-state index contributed by atoms with van der Waals surface area (Å²) in [7, 11) is -4.31. The first-order chi connectivity index (χ1) is 19.2. The van der Waals surface area contributed by atoms with Crippen molar-refractivity contribution in [3.05, 3.63) is 99.5 Å². The van der Waals surface area contributed by atoms with Crippen LogP contribution in [0.4, 0.5) is 18.9 Å². The lowest BCUT2D eigenvalue weighted by Gasteiger charge is -2.33. The van der Waals surface area contributed by atoms with Gasteiger partial charge in [0.15, 0.2) is 0 Å². The van der Waals surface area contributed by atoms with Crippen molar-refractivity contribution in [1.82, 2.24) is 10.2 Å². The summed E-state index contributed by atoms with van der Waals surface area (Å²) in [4.78, 5) is 28.4. The van der Waals surface area contributed by atoms with Crippen molar-refractivity contribution in [2.45, 2.75) is 32.1 Å². The van der Waals surface area contributed by atoms with Crippen LogP contribution < -0.4 is 9.62 Å². The maximum absolute atomic E-state index is 13.9. The molecular weight excluding hydrogens is 602 g/mol. The van der Waals surface area contributed by atoms with E-state index < -0.39 is 51.9 Å². The highest BCUT2D eigenvalue weighted by Gasteiger charge is 2.35. The molecule has 41 heavy (non-hydrogen) atoms. The van der Waals surface area contributed by atoms with Gasteiger partial charge in [-0.15, -0.1) is 0 Å². The highest BCUT2D eigenvalue weighted by Crippen LogP contribution is 2.36. The Labute approximate surface area is 246 Å². The third-order valence-corrected chi connectivity index (χ3v) is 7.77. The minimum atomic E-state index is -4.79. The first-order valence-corrected chi connectivity index (χ1v) is 15.0. The summed E-state index contributed by atoms with van der Waals surface area (Å²) in [5, 5.41) is 2.78. The van der Waals surface area contributed by atoms with Gasteiger partial charge in [-0.3, -0.25) is 13.9 Å². The van der Waals surface area contributed by atoms with Gasteiger partial charge in [0.05, 0.1) is 22.5 Å². The molecular formula is C28H28Cl2F3N3O4S. The predicted octanol–water partition coefficient (Wildman–Crippen LogP) is 5.55. The number of carbonyl (C=O) groups excluding carboxylic acids is 2. The monoisotopic (exact) mass is 629 g/mol. The molecule has 0 saturated heterocycles. The van der Waals surface area contributed by atoms with Crippen LogP contribution >= 0.6 is 23.2 Å². The predicted molar refractivity (Wildman–Crippen MR) is 153 cm³/mol. The number of likely N-dealkylation sites (N-methyl/N-ethyl adjacent to an activating group) is 1. The van der Waals surface area contributed by atoms with Crippen LogP contribution in [0.2, 0.25) is 10.0 Å². The molecule has 0 radical (unpaired) electrons. The van der Waals surface area contributed by atoms with Crippen LogP contribution in [0.25, 0.3) is 0 Å². The number of amides is 2. The number of carbonyl (C=O) groups is 2. The lowest BCUT2D eigenvalue weighted by Crippen LogP contribution is -2.53. The van der Waals surface area contributed by atoms with Gasteiger partial charge in [-0.05, 0) is 48.4 Å². The molecule has 1 unspecified atom stereocenters. The van der Waals surface area contributed by atoms with Crippen molar-refractivity contribution in [3.8, 4) is 0 Å². The zero-order valence-electron chi connectivity index (χ0n) is 22.2. The highest BCUT2D eigenvalue weighted by atomic mass is 35.5. The summed E-state index contributed by atoms with van der Waals surface area (Å²) in [5.74, 6) is -1.33. The quantitative estimate of drug-likeness (QED) is 0.301. The van der Waals surface area contributed by atoms with E-state index in [9.17, 15) is 31.2 Å². The fourth-order valence-electron chi connectivity index (χ4n) is 4.15. The zero-order chi connectivity index (χ0) is 30.4. The molecule has 0 fully saturated rings. The van der Waals surface area contributed by atoms with Crippen LogP contribution in [0.1, 0.15) is 23.6 Å². The van der Waals surface area contributed by atoms with E-state index in [0.717, 1.165) is 17.9 Å². The maximum atomic E-state index is 13.9. The average molecular weight is 631 g/mol. The first-order valence-electron chi connectivity index (χ1n) is 12.4. The molecule has 2 amide bonds. The SMILES string of the molecule is CCNC(=O)C(Cc1ccccc1)N(Cc1cccc(Cl)c1)C(=O)CN(c1cc(C(F)(F)F)ccc1Cl)S(C)(=O)=O. The molecule has 3 rings (SSSR count). The maximum Gasteiger partial charge on any atom is 0.416 e. The molecule has 0 aliphatic heterocycles. The smallest absolute Gasteiger partial charge is 0.355 e. The number of hydrogen-bond acceptors (Lipinski definition) is 4. The van der Waals surface area contributed by atoms with Crippen molar-refractivity contribution >= 4 is 50.7 Å². The number of sulfonamides is 1. The molecule has 0 aliphatic rings. The topological polar surface area (TPSA) is 86.8 Å². The molecule has 13 heteroatoms. The van der Waals surface area contributed by atoms with Crippen LogP contribution in [0.5, 0.6) is 0 Å². The minimum Gasteiger partial charge on any atom is -0.355 e. The van der Waals surface area contributed by atoms with Gasteiger partial charge >= 0.3 is 6.18 Å². The molecule has 0 spiro atoms. The van der Waals surface area contributed by atoms with E-state index in [1.165, 1.54) is 4.90 Å². The van der Waals surface area contributed by atoms with Crippen molar-refractivity contribution in [1.29, 1.82) is 0 Å². The third kappa shape index (κ3) is 8.85. The summed E-state index contributed by atoms with van der Waals surface area (Å²) in [6.07, 6.45) is -3.95. The molecule has 7 nitrogen and oxygen atoms in total. The largest absolute Gasteiger partial charge is 0.416 e. The van der Waals surface area contributed by atoms with Gasteiger partial charge < -0.3 is 10.2 Å². The number of alkyl halides is 3. The fraction of sp³-hybridized carbons (Fsp3) is 0.286. The number of benzene rings is 3. The molecule has 0 aromatic heterocycles. The Hall–Kier alpha value is -3.28. The van der Waals surface area contributed by atoms with E-state index in [-0.39, 0.29) is 24.5 Å². The molecule has 0 heterocycles. The molecule has 1 atom stereocenters. The van der Waals surface area contributed by atoms with Crippen molar-refractivity contribution in [2.75, 3.05) is 23.7 Å². The van der Waals surface area contributed by atoms with E-state index in [4.69, 9.17) is 23.2 Å². The zero-order valence-corrected chi connectivity index (χ0v) is 24.5. The number of rotatable bonds is 11. The summed E-state index contributed by atoms with van der Waals surface area (Å²) < 4.78 is 66.5. The summed E-state index contributed by atoms with van der Waals surface area (Å²) in [5.41, 5.74) is -0.375. The van der Waals surface area contributed by atoms with Gasteiger partial charge in [0.1, 0.15) is 12.6 Å². The summed E-state index contributed by atoms with van der Waals surface area (Å²) in [6.45, 7) is 0.924. The first kappa shape index (κ1) is 32.2. The third-order valence-electron chi connectivity index (χ3n) is 6.09. The van der Waals surface area contributed by atoms with Gasteiger partial charge in [0.25, 0.3) is 0 Å². The molecule has 1 N–H and O–H groups in total. The van der Waals surface area contributed by atoms with E-state index in [2.05, 4.69) is 5.32 Å². The second-order valence-electron chi connectivity index (χ2n) is 9.19.